The minimum Gasteiger partial charge on any atom is -0.481 e. The molecule has 3 N–H and O–H groups in total. The number of halogens is 4. The number of hydrogen-bond acceptors (Lipinski definition) is 3. The van der Waals surface area contributed by atoms with E-state index in [2.05, 4.69) is 10.6 Å². The van der Waals surface area contributed by atoms with Crippen LogP contribution in [0.4, 0.5) is 18.9 Å². The van der Waals surface area contributed by atoms with E-state index in [0.29, 0.717) is 5.92 Å². The van der Waals surface area contributed by atoms with Crippen LogP contribution in [0.5, 0.6) is 0 Å². The second kappa shape index (κ2) is 10.3. The van der Waals surface area contributed by atoms with Gasteiger partial charge < -0.3 is 15.7 Å². The lowest BCUT2D eigenvalue weighted by Crippen LogP contribution is -2.38. The average molecular weight is 469 g/mol. The number of rotatable bonds is 7. The van der Waals surface area contributed by atoms with Crippen molar-refractivity contribution in [3.05, 3.63) is 64.2 Å². The van der Waals surface area contributed by atoms with E-state index in [-0.39, 0.29) is 23.0 Å². The number of anilines is 1. The largest absolute Gasteiger partial charge is 0.481 e. The number of aliphatic carboxylic acids is 1. The van der Waals surface area contributed by atoms with E-state index in [0.717, 1.165) is 61.7 Å². The van der Waals surface area contributed by atoms with Crippen LogP contribution in [0.15, 0.2) is 42.5 Å². The van der Waals surface area contributed by atoms with Crippen LogP contribution in [-0.2, 0) is 17.4 Å². The van der Waals surface area contributed by atoms with Crippen LogP contribution < -0.4 is 10.6 Å². The first-order valence-electron chi connectivity index (χ1n) is 10.3. The summed E-state index contributed by atoms with van der Waals surface area (Å²) in [4.78, 5) is 23.2. The summed E-state index contributed by atoms with van der Waals surface area (Å²) in [6.07, 6.45) is -1.36. The number of alkyl halides is 3. The van der Waals surface area contributed by atoms with Gasteiger partial charge in [0.15, 0.2) is 0 Å². The van der Waals surface area contributed by atoms with Crippen LogP contribution in [0.25, 0.3) is 0 Å². The number of carboxylic acids is 1. The third-order valence-electron chi connectivity index (χ3n) is 5.62. The fraction of sp³-hybridized carbons (Fsp3) is 0.391. The summed E-state index contributed by atoms with van der Waals surface area (Å²) in [5.74, 6) is -1.06. The number of carboxylic acid groups (broad SMARTS) is 1. The molecule has 2 aromatic carbocycles. The molecule has 32 heavy (non-hydrogen) atoms. The molecule has 0 aromatic heterocycles. The molecule has 2 aromatic rings. The lowest BCUT2D eigenvalue weighted by atomic mass is 9.86. The molecule has 1 aliphatic carbocycles. The van der Waals surface area contributed by atoms with Gasteiger partial charge in [0.25, 0.3) is 5.91 Å². The Kier molecular flexibility index (Phi) is 7.66. The summed E-state index contributed by atoms with van der Waals surface area (Å²) in [6.45, 7) is 0.748. The SMILES string of the molecule is O=C(O)Cc1ccc(NC[C@H]2CC[C@H](NC(=O)c3cc(C(F)(F)F)ccc3Cl)CC2)cc1. The van der Waals surface area contributed by atoms with Crippen molar-refractivity contribution < 1.29 is 27.9 Å². The first-order valence-corrected chi connectivity index (χ1v) is 10.7. The Morgan fingerprint density at radius 3 is 2.28 bits per heavy atom. The van der Waals surface area contributed by atoms with E-state index >= 15 is 0 Å². The second-order valence-electron chi connectivity index (χ2n) is 8.03. The normalized spacial score (nSPS) is 18.8. The molecule has 1 saturated carbocycles. The number of hydrogen-bond donors (Lipinski definition) is 3. The number of carbonyl (C=O) groups excluding carboxylic acids is 1. The van der Waals surface area contributed by atoms with Gasteiger partial charge in [-0.25, -0.2) is 0 Å². The maximum absolute atomic E-state index is 12.9. The first-order chi connectivity index (χ1) is 15.1. The van der Waals surface area contributed by atoms with Crippen LogP contribution in [0.1, 0.15) is 47.2 Å². The van der Waals surface area contributed by atoms with E-state index in [1.54, 1.807) is 12.1 Å². The smallest absolute Gasteiger partial charge is 0.416 e. The molecule has 0 saturated heterocycles. The van der Waals surface area contributed by atoms with Gasteiger partial charge in [0.1, 0.15) is 0 Å². The third-order valence-corrected chi connectivity index (χ3v) is 5.95. The van der Waals surface area contributed by atoms with Crippen molar-refractivity contribution in [3.63, 3.8) is 0 Å². The van der Waals surface area contributed by atoms with Crippen LogP contribution in [0.3, 0.4) is 0 Å². The number of carbonyl (C=O) groups is 2. The number of nitrogens with one attached hydrogen (secondary N) is 2. The summed E-state index contributed by atoms with van der Waals surface area (Å²) in [7, 11) is 0. The molecular formula is C23H24ClF3N2O3. The van der Waals surface area contributed by atoms with Gasteiger partial charge in [-0.15, -0.1) is 0 Å². The van der Waals surface area contributed by atoms with Crippen molar-refractivity contribution in [1.29, 1.82) is 0 Å². The summed E-state index contributed by atoms with van der Waals surface area (Å²) in [6, 6.07) is 9.89. The standard InChI is InChI=1S/C23H24ClF3N2O3/c24-20-10-5-16(23(25,26)27)12-19(20)22(32)29-18-8-3-15(4-9-18)13-28-17-6-1-14(2-7-17)11-21(30)31/h1-2,5-7,10,12,15,18,28H,3-4,8-9,11,13H2,(H,29,32)(H,30,31)/t15-,18-. The Morgan fingerprint density at radius 2 is 1.69 bits per heavy atom. The quantitative estimate of drug-likeness (QED) is 0.509. The molecule has 0 aliphatic heterocycles. The molecule has 5 nitrogen and oxygen atoms in total. The second-order valence-corrected chi connectivity index (χ2v) is 8.44. The molecule has 9 heteroatoms. The van der Waals surface area contributed by atoms with E-state index in [1.165, 1.54) is 0 Å². The average Bonchev–Trinajstić information content (AvgIpc) is 2.73. The highest BCUT2D eigenvalue weighted by atomic mass is 35.5. The van der Waals surface area contributed by atoms with Gasteiger partial charge in [-0.05, 0) is 67.5 Å². The van der Waals surface area contributed by atoms with Crippen molar-refractivity contribution >= 4 is 29.2 Å². The zero-order valence-electron chi connectivity index (χ0n) is 17.2. The highest BCUT2D eigenvalue weighted by Crippen LogP contribution is 2.32. The fourth-order valence-electron chi connectivity index (χ4n) is 3.83. The van der Waals surface area contributed by atoms with Crippen LogP contribution in [0, 0.1) is 5.92 Å². The molecule has 0 atom stereocenters. The topological polar surface area (TPSA) is 78.4 Å². The highest BCUT2D eigenvalue weighted by Gasteiger charge is 2.32. The van der Waals surface area contributed by atoms with Gasteiger partial charge in [-0.2, -0.15) is 13.2 Å². The maximum atomic E-state index is 12.9. The summed E-state index contributed by atoms with van der Waals surface area (Å²) in [5.41, 5.74) is 0.573. The highest BCUT2D eigenvalue weighted by molar-refractivity contribution is 6.33. The number of benzene rings is 2. The van der Waals surface area contributed by atoms with E-state index in [4.69, 9.17) is 16.7 Å². The lowest BCUT2D eigenvalue weighted by Gasteiger charge is -2.29. The molecule has 0 radical (unpaired) electrons. The molecule has 1 fully saturated rings. The molecule has 3 rings (SSSR count). The van der Waals surface area contributed by atoms with Crippen LogP contribution in [0.2, 0.25) is 5.02 Å². The van der Waals surface area contributed by atoms with Crippen molar-refractivity contribution in [3.8, 4) is 0 Å². The fourth-order valence-corrected chi connectivity index (χ4v) is 4.03. The Morgan fingerprint density at radius 1 is 1.03 bits per heavy atom. The van der Waals surface area contributed by atoms with Crippen molar-refractivity contribution in [2.24, 2.45) is 5.92 Å². The maximum Gasteiger partial charge on any atom is 0.416 e. The molecule has 1 amide bonds. The van der Waals surface area contributed by atoms with Crippen LogP contribution in [-0.4, -0.2) is 29.6 Å². The van der Waals surface area contributed by atoms with E-state index in [1.807, 2.05) is 12.1 Å². The van der Waals surface area contributed by atoms with Crippen LogP contribution >= 0.6 is 11.6 Å². The predicted octanol–water partition coefficient (Wildman–Crippen LogP) is 5.39. The van der Waals surface area contributed by atoms with Crippen molar-refractivity contribution in [2.45, 2.75) is 44.3 Å². The Balaban J connectivity index is 1.47. The molecular weight excluding hydrogens is 445 g/mol. The Bertz CT molecular complexity index is 956. The zero-order valence-corrected chi connectivity index (χ0v) is 18.0. The first kappa shape index (κ1) is 23.9. The molecule has 1 aliphatic rings. The zero-order chi connectivity index (χ0) is 23.3. The minimum atomic E-state index is -4.54. The van der Waals surface area contributed by atoms with Gasteiger partial charge >= 0.3 is 12.1 Å². The van der Waals surface area contributed by atoms with E-state index < -0.39 is 23.6 Å². The molecule has 0 spiro atoms. The minimum absolute atomic E-state index is 0.0113. The Hall–Kier alpha value is -2.74. The molecule has 0 bridgehead atoms. The monoisotopic (exact) mass is 468 g/mol. The molecule has 0 heterocycles. The summed E-state index contributed by atoms with van der Waals surface area (Å²) < 4.78 is 38.8. The van der Waals surface area contributed by atoms with Crippen molar-refractivity contribution in [1.82, 2.24) is 5.32 Å². The van der Waals surface area contributed by atoms with Gasteiger partial charge in [0.05, 0.1) is 22.6 Å². The molecule has 172 valence electrons. The van der Waals surface area contributed by atoms with Gasteiger partial charge in [-0.3, -0.25) is 9.59 Å². The van der Waals surface area contributed by atoms with Gasteiger partial charge in [-0.1, -0.05) is 23.7 Å². The number of amides is 1. The van der Waals surface area contributed by atoms with E-state index in [9.17, 15) is 22.8 Å². The summed E-state index contributed by atoms with van der Waals surface area (Å²) >= 11 is 5.95. The summed E-state index contributed by atoms with van der Waals surface area (Å²) in [5, 5.41) is 15.0. The Labute approximate surface area is 189 Å². The lowest BCUT2D eigenvalue weighted by molar-refractivity contribution is -0.138. The predicted molar refractivity (Wildman–Crippen MR) is 116 cm³/mol. The molecule has 0 unspecified atom stereocenters. The van der Waals surface area contributed by atoms with Gasteiger partial charge in [0, 0.05) is 18.3 Å². The van der Waals surface area contributed by atoms with Crippen molar-refractivity contribution in [2.75, 3.05) is 11.9 Å². The third kappa shape index (κ3) is 6.63. The van der Waals surface area contributed by atoms with Gasteiger partial charge in [0.2, 0.25) is 0 Å².